The lowest BCUT2D eigenvalue weighted by atomic mass is 10.3. The molecular weight excluding hydrogens is 256 g/mol. The molecule has 0 aromatic carbocycles. The minimum Gasteiger partial charge on any atom is -0.490 e. The van der Waals surface area contributed by atoms with Gasteiger partial charge in [0.05, 0.1) is 13.2 Å². The first-order valence-corrected chi connectivity index (χ1v) is 7.54. The molecule has 2 aromatic heterocycles. The molecule has 0 fully saturated rings. The first kappa shape index (κ1) is 13.9. The Morgan fingerprint density at radius 1 is 1.21 bits per heavy atom. The molecule has 0 atom stereocenters. The molecule has 0 aliphatic carbocycles. The van der Waals surface area contributed by atoms with E-state index in [1.807, 2.05) is 23.5 Å². The number of ether oxygens (including phenoxy) is 1. The van der Waals surface area contributed by atoms with Gasteiger partial charge in [-0.25, -0.2) is 4.98 Å². The number of hydrogen-bond donors (Lipinski definition) is 1. The fourth-order valence-corrected chi connectivity index (χ4v) is 2.63. The highest BCUT2D eigenvalue weighted by molar-refractivity contribution is 7.12. The highest BCUT2D eigenvalue weighted by atomic mass is 32.1. The van der Waals surface area contributed by atoms with E-state index >= 15 is 0 Å². The van der Waals surface area contributed by atoms with Crippen molar-refractivity contribution in [2.75, 3.05) is 11.9 Å². The Morgan fingerprint density at radius 2 is 2.05 bits per heavy atom. The van der Waals surface area contributed by atoms with Crippen LogP contribution in [0, 0.1) is 0 Å². The predicted molar refractivity (Wildman–Crippen MR) is 81.0 cm³/mol. The second-order valence-electron chi connectivity index (χ2n) is 4.27. The molecule has 2 heterocycles. The van der Waals surface area contributed by atoms with Gasteiger partial charge in [0, 0.05) is 16.0 Å². The SMILES string of the molecule is CCCOc1cccnc1NCc1ccc(CC)s1. The zero-order chi connectivity index (χ0) is 13.5. The quantitative estimate of drug-likeness (QED) is 0.826. The third kappa shape index (κ3) is 3.96. The summed E-state index contributed by atoms with van der Waals surface area (Å²) in [5.74, 6) is 1.65. The zero-order valence-corrected chi connectivity index (χ0v) is 12.3. The first-order valence-electron chi connectivity index (χ1n) is 6.72. The Kier molecular flexibility index (Phi) is 5.21. The summed E-state index contributed by atoms with van der Waals surface area (Å²) in [7, 11) is 0. The van der Waals surface area contributed by atoms with Gasteiger partial charge in [0.2, 0.25) is 0 Å². The average Bonchev–Trinajstić information content (AvgIpc) is 2.91. The van der Waals surface area contributed by atoms with Gasteiger partial charge < -0.3 is 10.1 Å². The van der Waals surface area contributed by atoms with Crippen LogP contribution in [-0.4, -0.2) is 11.6 Å². The summed E-state index contributed by atoms with van der Waals surface area (Å²) in [5, 5.41) is 3.35. The maximum Gasteiger partial charge on any atom is 0.169 e. The minimum atomic E-state index is 0.722. The molecule has 102 valence electrons. The first-order chi connectivity index (χ1) is 9.33. The van der Waals surface area contributed by atoms with E-state index in [2.05, 4.69) is 36.3 Å². The van der Waals surface area contributed by atoms with Crippen molar-refractivity contribution < 1.29 is 4.74 Å². The molecule has 0 saturated heterocycles. The van der Waals surface area contributed by atoms with Crippen LogP contribution in [-0.2, 0) is 13.0 Å². The molecule has 0 unspecified atom stereocenters. The summed E-state index contributed by atoms with van der Waals surface area (Å²) in [4.78, 5) is 7.08. The standard InChI is InChI=1S/C15H20N2OS/c1-3-10-18-14-6-5-9-16-15(14)17-11-13-8-7-12(4-2)19-13/h5-9H,3-4,10-11H2,1-2H3,(H,16,17). The van der Waals surface area contributed by atoms with Crippen LogP contribution in [0.15, 0.2) is 30.5 Å². The van der Waals surface area contributed by atoms with E-state index in [1.165, 1.54) is 9.75 Å². The zero-order valence-electron chi connectivity index (χ0n) is 11.5. The number of nitrogens with zero attached hydrogens (tertiary/aromatic N) is 1. The van der Waals surface area contributed by atoms with Crippen molar-refractivity contribution in [3.63, 3.8) is 0 Å². The molecule has 3 nitrogen and oxygen atoms in total. The van der Waals surface area contributed by atoms with Gasteiger partial charge in [0.25, 0.3) is 0 Å². The Bertz CT molecular complexity index is 510. The Labute approximate surface area is 118 Å². The maximum absolute atomic E-state index is 5.68. The molecule has 0 radical (unpaired) electrons. The topological polar surface area (TPSA) is 34.1 Å². The second-order valence-corrected chi connectivity index (χ2v) is 5.53. The summed E-state index contributed by atoms with van der Waals surface area (Å²) >= 11 is 1.84. The average molecular weight is 276 g/mol. The smallest absolute Gasteiger partial charge is 0.169 e. The summed E-state index contributed by atoms with van der Waals surface area (Å²) in [5.41, 5.74) is 0. The van der Waals surface area contributed by atoms with Crippen LogP contribution >= 0.6 is 11.3 Å². The van der Waals surface area contributed by atoms with E-state index in [0.29, 0.717) is 0 Å². The van der Waals surface area contributed by atoms with E-state index in [4.69, 9.17) is 4.74 Å². The van der Waals surface area contributed by atoms with Crippen molar-refractivity contribution in [1.82, 2.24) is 4.98 Å². The molecule has 4 heteroatoms. The fraction of sp³-hybridized carbons (Fsp3) is 0.400. The van der Waals surface area contributed by atoms with Crippen LogP contribution in [0.5, 0.6) is 5.75 Å². The minimum absolute atomic E-state index is 0.722. The molecule has 1 N–H and O–H groups in total. The van der Waals surface area contributed by atoms with Crippen molar-refractivity contribution in [2.45, 2.75) is 33.2 Å². The lowest BCUT2D eigenvalue weighted by molar-refractivity contribution is 0.318. The summed E-state index contributed by atoms with van der Waals surface area (Å²) in [6, 6.07) is 8.22. The number of nitrogens with one attached hydrogen (secondary N) is 1. The summed E-state index contributed by atoms with van der Waals surface area (Å²) < 4.78 is 5.68. The van der Waals surface area contributed by atoms with Crippen LogP contribution in [0.3, 0.4) is 0 Å². The van der Waals surface area contributed by atoms with Crippen molar-refractivity contribution in [1.29, 1.82) is 0 Å². The van der Waals surface area contributed by atoms with Crippen LogP contribution < -0.4 is 10.1 Å². The van der Waals surface area contributed by atoms with Gasteiger partial charge in [-0.15, -0.1) is 11.3 Å². The lowest BCUT2D eigenvalue weighted by Gasteiger charge is -2.10. The van der Waals surface area contributed by atoms with Crippen molar-refractivity contribution in [3.05, 3.63) is 40.2 Å². The van der Waals surface area contributed by atoms with Crippen LogP contribution in [0.4, 0.5) is 5.82 Å². The van der Waals surface area contributed by atoms with Crippen molar-refractivity contribution >= 4 is 17.2 Å². The molecule has 2 aromatic rings. The van der Waals surface area contributed by atoms with E-state index in [1.54, 1.807) is 6.20 Å². The third-order valence-corrected chi connectivity index (χ3v) is 3.96. The van der Waals surface area contributed by atoms with Gasteiger partial charge in [0.1, 0.15) is 0 Å². The molecule has 0 amide bonds. The number of aromatic nitrogens is 1. The van der Waals surface area contributed by atoms with Crippen molar-refractivity contribution in [2.24, 2.45) is 0 Å². The number of pyridine rings is 1. The van der Waals surface area contributed by atoms with Gasteiger partial charge in [-0.1, -0.05) is 13.8 Å². The number of rotatable bonds is 7. The normalized spacial score (nSPS) is 10.4. The third-order valence-electron chi connectivity index (χ3n) is 2.73. The van der Waals surface area contributed by atoms with E-state index in [-0.39, 0.29) is 0 Å². The highest BCUT2D eigenvalue weighted by Crippen LogP contribution is 2.23. The van der Waals surface area contributed by atoms with Crippen LogP contribution in [0.25, 0.3) is 0 Å². The van der Waals surface area contributed by atoms with Gasteiger partial charge in [-0.3, -0.25) is 0 Å². The van der Waals surface area contributed by atoms with Crippen LogP contribution in [0.1, 0.15) is 30.0 Å². The Morgan fingerprint density at radius 3 is 2.79 bits per heavy atom. The molecule has 2 rings (SSSR count). The number of anilines is 1. The fourth-order valence-electron chi connectivity index (χ4n) is 1.73. The van der Waals surface area contributed by atoms with E-state index in [9.17, 15) is 0 Å². The summed E-state index contributed by atoms with van der Waals surface area (Å²) in [6.45, 7) is 5.80. The number of aryl methyl sites for hydroxylation is 1. The van der Waals surface area contributed by atoms with E-state index in [0.717, 1.165) is 37.6 Å². The van der Waals surface area contributed by atoms with Crippen molar-refractivity contribution in [3.8, 4) is 5.75 Å². The molecule has 0 aliphatic heterocycles. The van der Waals surface area contributed by atoms with Gasteiger partial charge in [-0.05, 0) is 37.1 Å². The molecule has 0 spiro atoms. The molecular formula is C15H20N2OS. The summed E-state index contributed by atoms with van der Waals surface area (Å²) in [6.07, 6.45) is 3.88. The maximum atomic E-state index is 5.68. The highest BCUT2D eigenvalue weighted by Gasteiger charge is 2.05. The largest absolute Gasteiger partial charge is 0.490 e. The lowest BCUT2D eigenvalue weighted by Crippen LogP contribution is -2.04. The van der Waals surface area contributed by atoms with E-state index < -0.39 is 0 Å². The molecule has 0 aliphatic rings. The molecule has 0 saturated carbocycles. The Balaban J connectivity index is 1.98. The Hall–Kier alpha value is -1.55. The second kappa shape index (κ2) is 7.14. The van der Waals surface area contributed by atoms with Crippen LogP contribution in [0.2, 0.25) is 0 Å². The monoisotopic (exact) mass is 276 g/mol. The number of hydrogen-bond acceptors (Lipinski definition) is 4. The van der Waals surface area contributed by atoms with Gasteiger partial charge in [0.15, 0.2) is 11.6 Å². The molecule has 19 heavy (non-hydrogen) atoms. The predicted octanol–water partition coefficient (Wildman–Crippen LogP) is 4.11. The van der Waals surface area contributed by atoms with Gasteiger partial charge in [-0.2, -0.15) is 0 Å². The molecule has 0 bridgehead atoms. The van der Waals surface area contributed by atoms with Gasteiger partial charge >= 0.3 is 0 Å². The number of thiophene rings is 1.